The number of nitrogens with zero attached hydrogens (tertiary/aromatic N) is 1. The van der Waals surface area contributed by atoms with Gasteiger partial charge in [-0.05, 0) is 24.6 Å². The van der Waals surface area contributed by atoms with Gasteiger partial charge in [-0.3, -0.25) is 9.59 Å². The van der Waals surface area contributed by atoms with Crippen molar-refractivity contribution >= 4 is 23.2 Å². The van der Waals surface area contributed by atoms with Crippen LogP contribution in [-0.2, 0) is 4.79 Å². The number of likely N-dealkylation sites (N-methyl/N-ethyl adjacent to an activating group) is 1. The largest absolute Gasteiger partial charge is 0.397 e. The number of benzene rings is 1. The van der Waals surface area contributed by atoms with Gasteiger partial charge in [-0.1, -0.05) is 0 Å². The lowest BCUT2D eigenvalue weighted by Gasteiger charge is -2.15. The molecule has 0 aromatic heterocycles. The van der Waals surface area contributed by atoms with Gasteiger partial charge < -0.3 is 21.7 Å². The molecular formula is C12H16N4O2. The summed E-state index contributed by atoms with van der Waals surface area (Å²) in [7, 11) is 1.76. The Hall–Kier alpha value is -2.24. The number of amides is 2. The first kappa shape index (κ1) is 12.2. The molecule has 1 atom stereocenters. The summed E-state index contributed by atoms with van der Waals surface area (Å²) in [6.45, 7) is 0.714. The summed E-state index contributed by atoms with van der Waals surface area (Å²) < 4.78 is 0. The summed E-state index contributed by atoms with van der Waals surface area (Å²) in [4.78, 5) is 24.5. The third-order valence-corrected chi connectivity index (χ3v) is 3.10. The monoisotopic (exact) mass is 248 g/mol. The smallest absolute Gasteiger partial charge is 0.248 e. The van der Waals surface area contributed by atoms with Gasteiger partial charge in [0.2, 0.25) is 11.8 Å². The average Bonchev–Trinajstić information content (AvgIpc) is 2.63. The molecule has 1 aliphatic heterocycles. The zero-order chi connectivity index (χ0) is 13.3. The number of carbonyl (C=O) groups is 2. The zero-order valence-corrected chi connectivity index (χ0v) is 10.1. The van der Waals surface area contributed by atoms with Crippen molar-refractivity contribution in [3.63, 3.8) is 0 Å². The molecule has 6 heteroatoms. The molecule has 6 nitrogen and oxygen atoms in total. The predicted octanol–water partition coefficient (Wildman–Crippen LogP) is 0.0103. The molecule has 1 unspecified atom stereocenters. The molecule has 0 radical (unpaired) electrons. The number of likely N-dealkylation sites (tertiary alicyclic amines) is 1. The number of anilines is 2. The second-order valence-corrected chi connectivity index (χ2v) is 4.41. The fourth-order valence-corrected chi connectivity index (χ4v) is 1.98. The highest BCUT2D eigenvalue weighted by atomic mass is 16.2. The quantitative estimate of drug-likeness (QED) is 0.656. The summed E-state index contributed by atoms with van der Waals surface area (Å²) >= 11 is 0. The minimum Gasteiger partial charge on any atom is -0.397 e. The number of primary amides is 1. The van der Waals surface area contributed by atoms with Gasteiger partial charge in [0, 0.05) is 19.2 Å². The van der Waals surface area contributed by atoms with Gasteiger partial charge in [0.05, 0.1) is 11.4 Å². The number of carbonyl (C=O) groups excluding carboxylic acids is 2. The molecule has 1 fully saturated rings. The van der Waals surface area contributed by atoms with Crippen LogP contribution in [0.5, 0.6) is 0 Å². The maximum Gasteiger partial charge on any atom is 0.248 e. The van der Waals surface area contributed by atoms with Crippen LogP contribution in [0.1, 0.15) is 16.8 Å². The number of rotatable bonds is 3. The molecule has 0 bridgehead atoms. The molecule has 2 rings (SSSR count). The number of nitrogens with one attached hydrogen (secondary N) is 1. The minimum atomic E-state index is -0.520. The van der Waals surface area contributed by atoms with E-state index < -0.39 is 5.91 Å². The van der Waals surface area contributed by atoms with Crippen molar-refractivity contribution in [1.29, 1.82) is 0 Å². The summed E-state index contributed by atoms with van der Waals surface area (Å²) in [6, 6.07) is 4.45. The molecule has 96 valence electrons. The molecular weight excluding hydrogens is 232 g/mol. The Morgan fingerprint density at radius 3 is 2.78 bits per heavy atom. The van der Waals surface area contributed by atoms with E-state index in [1.165, 1.54) is 0 Å². The van der Waals surface area contributed by atoms with Crippen LogP contribution in [-0.4, -0.2) is 36.3 Å². The summed E-state index contributed by atoms with van der Waals surface area (Å²) in [5.41, 5.74) is 12.4. The lowest BCUT2D eigenvalue weighted by Crippen LogP contribution is -2.31. The highest BCUT2D eigenvalue weighted by molar-refractivity contribution is 5.95. The molecule has 1 saturated heterocycles. The van der Waals surface area contributed by atoms with Crippen molar-refractivity contribution in [2.24, 2.45) is 5.73 Å². The minimum absolute atomic E-state index is 0.0267. The van der Waals surface area contributed by atoms with Gasteiger partial charge in [-0.15, -0.1) is 0 Å². The molecule has 1 aromatic rings. The fourth-order valence-electron chi connectivity index (χ4n) is 1.98. The zero-order valence-electron chi connectivity index (χ0n) is 10.1. The number of hydrogen-bond acceptors (Lipinski definition) is 4. The van der Waals surface area contributed by atoms with Crippen molar-refractivity contribution in [1.82, 2.24) is 4.90 Å². The van der Waals surface area contributed by atoms with Crippen molar-refractivity contribution in [2.45, 2.75) is 12.5 Å². The van der Waals surface area contributed by atoms with Crippen LogP contribution in [0.25, 0.3) is 0 Å². The number of hydrogen-bond donors (Lipinski definition) is 3. The second kappa shape index (κ2) is 4.56. The molecule has 18 heavy (non-hydrogen) atoms. The second-order valence-electron chi connectivity index (χ2n) is 4.41. The Bertz CT molecular complexity index is 501. The number of nitrogens with two attached hydrogens (primary N) is 2. The van der Waals surface area contributed by atoms with E-state index in [1.807, 2.05) is 0 Å². The molecule has 1 aromatic carbocycles. The van der Waals surface area contributed by atoms with E-state index in [1.54, 1.807) is 30.1 Å². The van der Waals surface area contributed by atoms with E-state index in [0.29, 0.717) is 23.5 Å². The first-order chi connectivity index (χ1) is 8.49. The van der Waals surface area contributed by atoms with Gasteiger partial charge >= 0.3 is 0 Å². The van der Waals surface area contributed by atoms with Crippen molar-refractivity contribution in [3.8, 4) is 0 Å². The summed E-state index contributed by atoms with van der Waals surface area (Å²) in [5.74, 6) is -0.494. The third-order valence-electron chi connectivity index (χ3n) is 3.10. The van der Waals surface area contributed by atoms with Crippen molar-refractivity contribution in [2.75, 3.05) is 24.6 Å². The highest BCUT2D eigenvalue weighted by Gasteiger charge is 2.29. The summed E-state index contributed by atoms with van der Waals surface area (Å²) in [6.07, 6.45) is 0.718. The van der Waals surface area contributed by atoms with Gasteiger partial charge in [0.25, 0.3) is 0 Å². The molecule has 2 amide bonds. The Labute approximate surface area is 105 Å². The van der Waals surface area contributed by atoms with Gasteiger partial charge in [-0.25, -0.2) is 0 Å². The van der Waals surface area contributed by atoms with E-state index in [9.17, 15) is 9.59 Å². The third kappa shape index (κ3) is 2.22. The molecule has 1 aliphatic rings. The van der Waals surface area contributed by atoms with Gasteiger partial charge in [-0.2, -0.15) is 0 Å². The lowest BCUT2D eigenvalue weighted by atomic mass is 10.1. The Morgan fingerprint density at radius 1 is 1.50 bits per heavy atom. The molecule has 0 saturated carbocycles. The van der Waals surface area contributed by atoms with Crippen LogP contribution in [0, 0.1) is 0 Å². The summed E-state index contributed by atoms with van der Waals surface area (Å²) in [5, 5.41) is 3.06. The van der Waals surface area contributed by atoms with Crippen LogP contribution in [0.2, 0.25) is 0 Å². The van der Waals surface area contributed by atoms with E-state index in [2.05, 4.69) is 5.32 Å². The van der Waals surface area contributed by atoms with Crippen LogP contribution in [0.4, 0.5) is 11.4 Å². The van der Waals surface area contributed by atoms with Crippen molar-refractivity contribution in [3.05, 3.63) is 23.8 Å². The molecule has 0 spiro atoms. The van der Waals surface area contributed by atoms with E-state index in [0.717, 1.165) is 6.42 Å². The Balaban J connectivity index is 2.21. The highest BCUT2D eigenvalue weighted by Crippen LogP contribution is 2.23. The van der Waals surface area contributed by atoms with Crippen LogP contribution in [0.15, 0.2) is 18.2 Å². The maximum atomic E-state index is 11.8. The first-order valence-corrected chi connectivity index (χ1v) is 5.70. The van der Waals surface area contributed by atoms with Gasteiger partial charge in [0.1, 0.15) is 6.04 Å². The predicted molar refractivity (Wildman–Crippen MR) is 69.0 cm³/mol. The SMILES string of the molecule is CN1CCC(Nc2cc(C(N)=O)ccc2N)C1=O. The van der Waals surface area contributed by atoms with Gasteiger partial charge in [0.15, 0.2) is 0 Å². The molecule has 5 N–H and O–H groups in total. The normalized spacial score (nSPS) is 19.1. The standard InChI is InChI=1S/C12H16N4O2/c1-16-5-4-9(12(16)18)15-10-6-7(11(14)17)2-3-8(10)13/h2-3,6,9,15H,4-5,13H2,1H3,(H2,14,17). The maximum absolute atomic E-state index is 11.8. The van der Waals surface area contributed by atoms with Crippen LogP contribution < -0.4 is 16.8 Å². The lowest BCUT2D eigenvalue weighted by molar-refractivity contribution is -0.127. The van der Waals surface area contributed by atoms with Crippen LogP contribution >= 0.6 is 0 Å². The molecule has 0 aliphatic carbocycles. The van der Waals surface area contributed by atoms with Crippen LogP contribution in [0.3, 0.4) is 0 Å². The Kier molecular flexibility index (Phi) is 3.10. The molecule has 1 heterocycles. The Morgan fingerprint density at radius 2 is 2.22 bits per heavy atom. The van der Waals surface area contributed by atoms with E-state index in [-0.39, 0.29) is 11.9 Å². The van der Waals surface area contributed by atoms with E-state index in [4.69, 9.17) is 11.5 Å². The first-order valence-electron chi connectivity index (χ1n) is 5.70. The fraction of sp³-hybridized carbons (Fsp3) is 0.333. The number of nitrogen functional groups attached to an aromatic ring is 1. The topological polar surface area (TPSA) is 101 Å². The van der Waals surface area contributed by atoms with Crippen molar-refractivity contribution < 1.29 is 9.59 Å². The van der Waals surface area contributed by atoms with E-state index >= 15 is 0 Å². The average molecular weight is 248 g/mol.